The molecule has 0 amide bonds. The van der Waals surface area contributed by atoms with E-state index in [1.165, 1.54) is 6.08 Å². The summed E-state index contributed by atoms with van der Waals surface area (Å²) in [6, 6.07) is 32.3. The second-order valence-corrected chi connectivity index (χ2v) is 13.2. The first-order chi connectivity index (χ1) is 27.3. The van der Waals surface area contributed by atoms with E-state index in [2.05, 4.69) is 4.98 Å². The number of nitrogens with one attached hydrogen (secondary N) is 2. The van der Waals surface area contributed by atoms with E-state index in [1.54, 1.807) is 60.7 Å². The van der Waals surface area contributed by atoms with Crippen LogP contribution in [0.3, 0.4) is 0 Å². The van der Waals surface area contributed by atoms with Gasteiger partial charge in [0.2, 0.25) is 0 Å². The summed E-state index contributed by atoms with van der Waals surface area (Å²) in [4.78, 5) is 59.3. The number of hydrogen-bond acceptors (Lipinski definition) is 6. The molecular formula is C47H30CoN4O4-2. The first-order valence-electron chi connectivity index (χ1n) is 17.3. The molecule has 56 heavy (non-hydrogen) atoms. The Morgan fingerprint density at radius 3 is 1.30 bits per heavy atom. The maximum absolute atomic E-state index is 11.6. The van der Waals surface area contributed by atoms with Crippen LogP contribution in [0.15, 0.2) is 167 Å². The summed E-state index contributed by atoms with van der Waals surface area (Å²) in [5.74, 6) is 0. The van der Waals surface area contributed by atoms with Gasteiger partial charge in [0.25, 0.3) is 0 Å². The van der Waals surface area contributed by atoms with Gasteiger partial charge >= 0.3 is 239 Å². The molecule has 0 aliphatic carbocycles. The summed E-state index contributed by atoms with van der Waals surface area (Å²) in [6.45, 7) is 5.85. The first-order valence-corrected chi connectivity index (χ1v) is 17.8. The normalized spacial score (nSPS) is 15.4. The molecule has 5 aromatic rings. The third kappa shape index (κ3) is 7.58. The van der Waals surface area contributed by atoms with Gasteiger partial charge in [-0.3, -0.25) is 27.9 Å². The summed E-state index contributed by atoms with van der Waals surface area (Å²) in [6.07, 6.45) is 11.8. The number of H-pyrrole nitrogens is 1. The van der Waals surface area contributed by atoms with Gasteiger partial charge in [-0.1, -0.05) is 29.8 Å². The molecule has 4 aromatic carbocycles. The van der Waals surface area contributed by atoms with Crippen molar-refractivity contribution in [2.45, 2.75) is 0 Å². The Morgan fingerprint density at radius 1 is 0.518 bits per heavy atom. The number of rotatable bonds is 13. The fourth-order valence-corrected chi connectivity index (χ4v) is 6.70. The van der Waals surface area contributed by atoms with Crippen molar-refractivity contribution in [1.82, 2.24) is 4.98 Å². The molecule has 0 fully saturated rings. The average Bonchev–Trinajstić information content (AvgIpc) is 4.05. The zero-order chi connectivity index (χ0) is 39.2. The molecule has 0 saturated carbocycles. The minimum Gasteiger partial charge on any atom is -0.298 e. The van der Waals surface area contributed by atoms with Crippen LogP contribution >= 0.6 is 0 Å². The Kier molecular flexibility index (Phi) is 10.9. The summed E-state index contributed by atoms with van der Waals surface area (Å²) >= 11 is 4.85. The van der Waals surface area contributed by atoms with Gasteiger partial charge in [-0.05, 0) is 5.56 Å². The van der Waals surface area contributed by atoms with Crippen molar-refractivity contribution in [3.63, 3.8) is 0 Å². The van der Waals surface area contributed by atoms with Crippen molar-refractivity contribution in [1.29, 1.82) is 0 Å². The first kappa shape index (κ1) is 37.1. The second-order valence-electron chi connectivity index (χ2n) is 12.7. The van der Waals surface area contributed by atoms with Crippen molar-refractivity contribution in [3.8, 4) is 0 Å². The number of aromatic amines is 1. The average molecular weight is 774 g/mol. The quantitative estimate of drug-likeness (QED) is 0.0727. The standard InChI is InChI=1S/C47H31N4O4.Co/c1-2-39(48)45(35-13-7-32(27-53)8-14-35)40-21-22-43(50-40)47(37-17-11-34(29-55)12-18-37)44-24-23-42(51-44)46(36-15-9-33(28-54)10-16-36)41-20-19-38(49-41)25-30-3-5-31(26-52)6-4-30;/h1-24,26-29H,(H3,48,49,50,51,53,54,55);/q-1;/p-1. The van der Waals surface area contributed by atoms with Gasteiger partial charge in [0.1, 0.15) is 12.6 Å². The smallest absolute Gasteiger partial charge is 0.298 e. The molecule has 0 saturated heterocycles. The van der Waals surface area contributed by atoms with Crippen LogP contribution in [-0.4, -0.2) is 46.0 Å². The molecule has 7 rings (SSSR count). The number of benzene rings is 4. The Bertz CT molecular complexity index is 2650. The Hall–Kier alpha value is -7.20. The van der Waals surface area contributed by atoms with Crippen molar-refractivity contribution < 1.29 is 34.5 Å². The van der Waals surface area contributed by atoms with Crippen LogP contribution in [0.5, 0.6) is 0 Å². The number of aldehydes is 4. The van der Waals surface area contributed by atoms with Gasteiger partial charge in [-0.25, -0.2) is 0 Å². The Morgan fingerprint density at radius 2 is 0.893 bits per heavy atom. The van der Waals surface area contributed by atoms with Gasteiger partial charge in [0.15, 0.2) is 0 Å². The van der Waals surface area contributed by atoms with Crippen LogP contribution in [0.25, 0.3) is 22.5 Å². The van der Waals surface area contributed by atoms with Gasteiger partial charge in [-0.2, -0.15) is 0 Å². The van der Waals surface area contributed by atoms with Crippen molar-refractivity contribution in [3.05, 3.63) is 225 Å². The summed E-state index contributed by atoms with van der Waals surface area (Å²) in [5.41, 5.74) is 19.8. The number of nitrogens with zero attached hydrogens (tertiary/aromatic N) is 2. The van der Waals surface area contributed by atoms with Crippen LogP contribution in [0, 0.1) is 6.58 Å². The van der Waals surface area contributed by atoms with Crippen molar-refractivity contribution >= 4 is 57.7 Å². The van der Waals surface area contributed by atoms with Crippen LogP contribution in [0.1, 0.15) is 75.1 Å². The fraction of sp³-hybridized carbons (Fsp3) is 0. The third-order valence-electron chi connectivity index (χ3n) is 9.22. The van der Waals surface area contributed by atoms with Gasteiger partial charge in [0, 0.05) is 11.1 Å². The minimum atomic E-state index is 0.0633. The summed E-state index contributed by atoms with van der Waals surface area (Å²) in [5, 5.41) is 0. The molecule has 0 atom stereocenters. The molecule has 0 spiro atoms. The van der Waals surface area contributed by atoms with E-state index in [0.717, 1.165) is 58.7 Å². The molecule has 8 nitrogen and oxygen atoms in total. The van der Waals surface area contributed by atoms with E-state index < -0.39 is 0 Å². The predicted octanol–water partition coefficient (Wildman–Crippen LogP) is 9.03. The van der Waals surface area contributed by atoms with E-state index in [9.17, 15) is 19.2 Å². The molecule has 3 heterocycles. The molecule has 2 aliphatic heterocycles. The maximum atomic E-state index is 11.6. The Labute approximate surface area is 330 Å². The molecule has 273 valence electrons. The Balaban J connectivity index is 1.36. The minimum absolute atomic E-state index is 0.0633. The molecule has 0 bridgehead atoms. The number of hydrogen-bond donors (Lipinski definition) is 1. The molecule has 0 radical (unpaired) electrons. The fourth-order valence-electron chi connectivity index (χ4n) is 6.39. The second kappa shape index (κ2) is 16.4. The van der Waals surface area contributed by atoms with Crippen LogP contribution in [0.4, 0.5) is 0 Å². The third-order valence-corrected chi connectivity index (χ3v) is 9.78. The number of carbonyl (C=O) groups excluding carboxylic acids is 4. The van der Waals surface area contributed by atoms with E-state index in [-0.39, 0.29) is 5.70 Å². The van der Waals surface area contributed by atoms with E-state index in [0.29, 0.717) is 66.4 Å². The van der Waals surface area contributed by atoms with Gasteiger partial charge in [-0.15, -0.1) is 0 Å². The number of allylic oxidation sites excluding steroid dienone is 6. The summed E-state index contributed by atoms with van der Waals surface area (Å²) in [7, 11) is 0. The molecular weight excluding hydrogens is 743 g/mol. The van der Waals surface area contributed by atoms with Crippen molar-refractivity contribution in [2.24, 2.45) is 9.98 Å². The van der Waals surface area contributed by atoms with E-state index >= 15 is 0 Å². The summed E-state index contributed by atoms with van der Waals surface area (Å²) < 4.78 is 0.632. The zero-order valence-electron chi connectivity index (χ0n) is 29.5. The van der Waals surface area contributed by atoms with Crippen molar-refractivity contribution in [2.75, 3.05) is 0 Å². The number of aromatic nitrogens is 1. The monoisotopic (exact) mass is 773 g/mol. The molecule has 2 aliphatic rings. The topological polar surface area (TPSA) is 133 Å². The zero-order valence-corrected chi connectivity index (χ0v) is 30.6. The molecule has 9 heteroatoms. The number of aliphatic imine (C=N–C) groups is 2. The van der Waals surface area contributed by atoms with Crippen LogP contribution < -0.4 is 0 Å². The molecule has 2 N–H and O–H groups in total. The van der Waals surface area contributed by atoms with E-state index in [1.807, 2.05) is 72.8 Å². The molecule has 1 aromatic heterocycles. The van der Waals surface area contributed by atoms with Gasteiger partial charge in [0.05, 0.1) is 0 Å². The van der Waals surface area contributed by atoms with Crippen LogP contribution in [-0.2, 0) is 15.3 Å². The number of carbonyl (C=O) groups is 4. The SMILES string of the molecule is [CH-]=C/C([NH-])=C(C1=N/C(=C(/c2ccc(C=O)cc2)c2ccc(/C(=C3/C=CC([C](=[Co])c4ccc(C=O)cc4)=N3)c3ccc(C=O)cc3)[nH]2)C=C1)\c1ccc(C=O)cc1. The van der Waals surface area contributed by atoms with Crippen LogP contribution in [0.2, 0.25) is 0 Å². The van der Waals surface area contributed by atoms with E-state index in [4.69, 9.17) is 37.6 Å². The van der Waals surface area contributed by atoms with Gasteiger partial charge < -0.3 is 5.73 Å². The predicted molar refractivity (Wildman–Crippen MR) is 218 cm³/mol. The molecule has 0 unspecified atom stereocenters.